The van der Waals surface area contributed by atoms with Crippen molar-refractivity contribution in [2.24, 2.45) is 5.92 Å². The van der Waals surface area contributed by atoms with Crippen LogP contribution in [-0.2, 0) is 16.0 Å². The average molecular weight is 357 g/mol. The molecule has 1 heterocycles. The van der Waals surface area contributed by atoms with E-state index in [-0.39, 0.29) is 11.8 Å². The van der Waals surface area contributed by atoms with Crippen molar-refractivity contribution < 1.29 is 9.59 Å². The molecule has 2 fully saturated rings. The molecule has 2 amide bonds. The fraction of sp³-hybridized carbons (Fsp3) is 0.636. The van der Waals surface area contributed by atoms with Crippen molar-refractivity contribution in [2.75, 3.05) is 13.1 Å². The molecule has 2 aliphatic rings. The maximum atomic E-state index is 12.6. The molecule has 4 nitrogen and oxygen atoms in total. The number of carbonyl (C=O) groups is 2. The van der Waals surface area contributed by atoms with E-state index in [1.165, 1.54) is 37.7 Å². The molecular formula is C22H32N2O2. The van der Waals surface area contributed by atoms with E-state index in [2.05, 4.69) is 22.3 Å². The number of fused-ring (bicyclic) bond motifs is 1. The van der Waals surface area contributed by atoms with Crippen LogP contribution in [0.15, 0.2) is 30.3 Å². The topological polar surface area (TPSA) is 49.4 Å². The third-order valence-electron chi connectivity index (χ3n) is 5.94. The van der Waals surface area contributed by atoms with Gasteiger partial charge in [-0.15, -0.1) is 0 Å². The number of nitrogens with one attached hydrogen (secondary N) is 1. The molecule has 0 spiro atoms. The van der Waals surface area contributed by atoms with Crippen molar-refractivity contribution in [3.8, 4) is 0 Å². The van der Waals surface area contributed by atoms with Crippen LogP contribution >= 0.6 is 0 Å². The summed E-state index contributed by atoms with van der Waals surface area (Å²) in [5, 5.41) is 2.97. The molecular weight excluding hydrogens is 324 g/mol. The van der Waals surface area contributed by atoms with Gasteiger partial charge in [-0.2, -0.15) is 0 Å². The first kappa shape index (κ1) is 18.9. The molecule has 26 heavy (non-hydrogen) atoms. The number of likely N-dealkylation sites (tertiary alicyclic amines) is 1. The van der Waals surface area contributed by atoms with E-state index < -0.39 is 0 Å². The molecule has 1 saturated heterocycles. The zero-order valence-electron chi connectivity index (χ0n) is 15.8. The lowest BCUT2D eigenvalue weighted by molar-refractivity contribution is -0.137. The number of nitrogens with zero attached hydrogens (tertiary/aromatic N) is 1. The van der Waals surface area contributed by atoms with Crippen LogP contribution in [0.25, 0.3) is 0 Å². The Bertz CT molecular complexity index is 585. The van der Waals surface area contributed by atoms with Gasteiger partial charge in [-0.1, -0.05) is 43.2 Å². The van der Waals surface area contributed by atoms with Crippen molar-refractivity contribution in [3.63, 3.8) is 0 Å². The maximum Gasteiger partial charge on any atom is 0.222 e. The van der Waals surface area contributed by atoms with E-state index in [4.69, 9.17) is 0 Å². The summed E-state index contributed by atoms with van der Waals surface area (Å²) in [6.45, 7) is 1.58. The molecule has 3 rings (SSSR count). The van der Waals surface area contributed by atoms with Crippen molar-refractivity contribution >= 4 is 11.8 Å². The molecule has 2 unspecified atom stereocenters. The van der Waals surface area contributed by atoms with Crippen LogP contribution in [0.3, 0.4) is 0 Å². The smallest absolute Gasteiger partial charge is 0.222 e. The van der Waals surface area contributed by atoms with Gasteiger partial charge in [-0.3, -0.25) is 9.59 Å². The van der Waals surface area contributed by atoms with Gasteiger partial charge in [0.25, 0.3) is 0 Å². The predicted molar refractivity (Wildman–Crippen MR) is 104 cm³/mol. The van der Waals surface area contributed by atoms with Crippen molar-refractivity contribution in [2.45, 2.75) is 70.3 Å². The number of hydrogen-bond acceptors (Lipinski definition) is 2. The van der Waals surface area contributed by atoms with Gasteiger partial charge >= 0.3 is 0 Å². The molecule has 1 saturated carbocycles. The summed E-state index contributed by atoms with van der Waals surface area (Å²) in [7, 11) is 0. The first-order valence-electron chi connectivity index (χ1n) is 10.3. The number of piperidine rings is 1. The van der Waals surface area contributed by atoms with Gasteiger partial charge in [0.05, 0.1) is 0 Å². The lowest BCUT2D eigenvalue weighted by atomic mass is 9.78. The average Bonchev–Trinajstić information content (AvgIpc) is 2.68. The first-order chi connectivity index (χ1) is 12.7. The first-order valence-corrected chi connectivity index (χ1v) is 10.3. The second-order valence-electron chi connectivity index (χ2n) is 7.78. The number of hydrogen-bond donors (Lipinski definition) is 1. The van der Waals surface area contributed by atoms with Gasteiger partial charge in [0.15, 0.2) is 0 Å². The monoisotopic (exact) mass is 356 g/mol. The molecule has 0 bridgehead atoms. The molecule has 1 aliphatic heterocycles. The minimum absolute atomic E-state index is 0.0583. The highest BCUT2D eigenvalue weighted by Gasteiger charge is 2.35. The van der Waals surface area contributed by atoms with Crippen LogP contribution in [0.4, 0.5) is 0 Å². The predicted octanol–water partition coefficient (Wildman–Crippen LogP) is 3.70. The van der Waals surface area contributed by atoms with Gasteiger partial charge in [-0.05, 0) is 50.0 Å². The Morgan fingerprint density at radius 2 is 1.77 bits per heavy atom. The van der Waals surface area contributed by atoms with E-state index >= 15 is 0 Å². The van der Waals surface area contributed by atoms with E-state index in [1.807, 2.05) is 18.2 Å². The van der Waals surface area contributed by atoms with Gasteiger partial charge in [0.1, 0.15) is 0 Å². The SMILES string of the molecule is O=C(CCCC(=O)N1CCCC2CCCCC21)NCCc1ccccc1. The fourth-order valence-electron chi connectivity index (χ4n) is 4.56. The molecule has 0 radical (unpaired) electrons. The Morgan fingerprint density at radius 1 is 1.00 bits per heavy atom. The van der Waals surface area contributed by atoms with Gasteiger partial charge in [0, 0.05) is 32.0 Å². The summed E-state index contributed by atoms with van der Waals surface area (Å²) in [6.07, 6.45) is 9.95. The summed E-state index contributed by atoms with van der Waals surface area (Å²) in [6, 6.07) is 10.6. The Balaban J connectivity index is 1.33. The third-order valence-corrected chi connectivity index (χ3v) is 5.94. The maximum absolute atomic E-state index is 12.6. The lowest BCUT2D eigenvalue weighted by Gasteiger charge is -2.44. The Kier molecular flexibility index (Phi) is 7.10. The normalized spacial score (nSPS) is 22.5. The second-order valence-corrected chi connectivity index (χ2v) is 7.78. The minimum atomic E-state index is 0.0583. The van der Waals surface area contributed by atoms with Gasteiger partial charge < -0.3 is 10.2 Å². The van der Waals surface area contributed by atoms with E-state index in [0.717, 1.165) is 25.3 Å². The highest BCUT2D eigenvalue weighted by atomic mass is 16.2. The number of benzene rings is 1. The molecule has 2 atom stereocenters. The quantitative estimate of drug-likeness (QED) is 0.810. The summed E-state index contributed by atoms with van der Waals surface area (Å²) in [4.78, 5) is 26.8. The van der Waals surface area contributed by atoms with Crippen LogP contribution in [0.2, 0.25) is 0 Å². The Morgan fingerprint density at radius 3 is 2.62 bits per heavy atom. The minimum Gasteiger partial charge on any atom is -0.356 e. The van der Waals surface area contributed by atoms with Crippen LogP contribution in [0.5, 0.6) is 0 Å². The highest BCUT2D eigenvalue weighted by Crippen LogP contribution is 2.35. The summed E-state index contributed by atoms with van der Waals surface area (Å²) < 4.78 is 0. The number of rotatable bonds is 7. The summed E-state index contributed by atoms with van der Waals surface area (Å²) >= 11 is 0. The van der Waals surface area contributed by atoms with Crippen molar-refractivity contribution in [3.05, 3.63) is 35.9 Å². The number of amides is 2. The van der Waals surface area contributed by atoms with Crippen molar-refractivity contribution in [1.29, 1.82) is 0 Å². The molecule has 4 heteroatoms. The van der Waals surface area contributed by atoms with Crippen LogP contribution in [-0.4, -0.2) is 35.8 Å². The third kappa shape index (κ3) is 5.33. The number of carbonyl (C=O) groups excluding carboxylic acids is 2. The molecule has 1 aromatic rings. The van der Waals surface area contributed by atoms with Crippen molar-refractivity contribution in [1.82, 2.24) is 10.2 Å². The molecule has 0 aromatic heterocycles. The molecule has 1 N–H and O–H groups in total. The second kappa shape index (κ2) is 9.75. The lowest BCUT2D eigenvalue weighted by Crippen LogP contribution is -2.49. The van der Waals surface area contributed by atoms with Gasteiger partial charge in [0.2, 0.25) is 11.8 Å². The van der Waals surface area contributed by atoms with E-state index in [1.54, 1.807) is 0 Å². The fourth-order valence-corrected chi connectivity index (χ4v) is 4.56. The van der Waals surface area contributed by atoms with E-state index in [9.17, 15) is 9.59 Å². The standard InChI is InChI=1S/C22H32N2O2/c25-21(23-16-15-18-8-2-1-3-9-18)13-6-14-22(26)24-17-7-11-19-10-4-5-12-20(19)24/h1-3,8-9,19-20H,4-7,10-17H2,(H,23,25). The highest BCUT2D eigenvalue weighted by molar-refractivity contribution is 5.79. The zero-order chi connectivity index (χ0) is 18.2. The van der Waals surface area contributed by atoms with Crippen LogP contribution in [0, 0.1) is 5.92 Å². The molecule has 1 aromatic carbocycles. The molecule has 1 aliphatic carbocycles. The van der Waals surface area contributed by atoms with E-state index in [0.29, 0.717) is 31.8 Å². The Hall–Kier alpha value is -1.84. The largest absolute Gasteiger partial charge is 0.356 e. The van der Waals surface area contributed by atoms with Crippen LogP contribution in [0.1, 0.15) is 63.4 Å². The summed E-state index contributed by atoms with van der Waals surface area (Å²) in [5.41, 5.74) is 1.23. The molecule has 142 valence electrons. The Labute approximate surface area is 157 Å². The zero-order valence-corrected chi connectivity index (χ0v) is 15.8. The van der Waals surface area contributed by atoms with Gasteiger partial charge in [-0.25, -0.2) is 0 Å². The summed E-state index contributed by atoms with van der Waals surface area (Å²) in [5.74, 6) is 1.05. The van der Waals surface area contributed by atoms with Crippen LogP contribution < -0.4 is 5.32 Å².